The number of furan rings is 1. The molecule has 1 aromatic heterocycles. The Labute approximate surface area is 235 Å². The van der Waals surface area contributed by atoms with Crippen molar-refractivity contribution in [2.24, 2.45) is 39.9 Å². The number of esters is 3. The van der Waals surface area contributed by atoms with Gasteiger partial charge in [0.1, 0.15) is 18.0 Å². The average molecular weight is 553 g/mol. The lowest BCUT2D eigenvalue weighted by atomic mass is 9.38. The molecule has 40 heavy (non-hydrogen) atoms. The van der Waals surface area contributed by atoms with Crippen LogP contribution in [0.5, 0.6) is 0 Å². The predicted octanol–water partition coefficient (Wildman–Crippen LogP) is 5.53. The van der Waals surface area contributed by atoms with E-state index in [2.05, 4.69) is 6.92 Å². The van der Waals surface area contributed by atoms with Gasteiger partial charge in [-0.2, -0.15) is 0 Å². The zero-order valence-electron chi connectivity index (χ0n) is 24.4. The second-order valence-electron chi connectivity index (χ2n) is 13.1. The second kappa shape index (κ2) is 9.74. The topological polar surface area (TPSA) is 109 Å². The highest BCUT2D eigenvalue weighted by molar-refractivity contribution is 5.93. The molecule has 3 saturated carbocycles. The van der Waals surface area contributed by atoms with Gasteiger partial charge in [-0.3, -0.25) is 9.59 Å². The lowest BCUT2D eigenvalue weighted by molar-refractivity contribution is -0.209. The molecule has 0 radical (unpaired) electrons. The van der Waals surface area contributed by atoms with Gasteiger partial charge in [0, 0.05) is 39.9 Å². The molecule has 2 bridgehead atoms. The van der Waals surface area contributed by atoms with Gasteiger partial charge in [0.15, 0.2) is 0 Å². The fourth-order valence-electron chi connectivity index (χ4n) is 8.70. The highest BCUT2D eigenvalue weighted by Crippen LogP contribution is 2.69. The second-order valence-corrected chi connectivity index (χ2v) is 13.1. The minimum Gasteiger partial charge on any atom is -0.472 e. The number of allylic oxidation sites excluding steroid dienone is 1. The number of methoxy groups -OCH3 is 1. The maximum absolute atomic E-state index is 14.5. The molecule has 0 unspecified atom stereocenters. The number of fused-ring (bicyclic) bond motifs is 6. The lowest BCUT2D eigenvalue weighted by Crippen LogP contribution is -2.68. The van der Waals surface area contributed by atoms with E-state index >= 15 is 0 Å². The number of cyclic esters (lactones) is 1. The lowest BCUT2D eigenvalue weighted by Gasteiger charge is -2.65. The van der Waals surface area contributed by atoms with Gasteiger partial charge in [-0.05, 0) is 62.5 Å². The molecular weight excluding hydrogens is 512 g/mol. The molecule has 1 aromatic rings. The van der Waals surface area contributed by atoms with Crippen LogP contribution in [0.25, 0.3) is 0 Å². The van der Waals surface area contributed by atoms with Crippen LogP contribution in [0.1, 0.15) is 78.9 Å². The van der Waals surface area contributed by atoms with Crippen LogP contribution in [-0.4, -0.2) is 36.9 Å². The van der Waals surface area contributed by atoms with Crippen molar-refractivity contribution in [2.45, 2.75) is 79.4 Å². The number of Topliss-reactive ketones (excluding diaryl/α,β-unsaturated/α-hetero) is 1. The quantitative estimate of drug-likeness (QED) is 0.267. The van der Waals surface area contributed by atoms with Crippen LogP contribution >= 0.6 is 0 Å². The number of ether oxygens (including phenoxy) is 3. The van der Waals surface area contributed by atoms with Crippen LogP contribution in [0.3, 0.4) is 0 Å². The summed E-state index contributed by atoms with van der Waals surface area (Å²) in [6, 6.07) is 1.83. The summed E-state index contributed by atoms with van der Waals surface area (Å²) in [5, 5.41) is 0. The maximum Gasteiger partial charge on any atom is 0.333 e. The molecule has 8 nitrogen and oxygen atoms in total. The van der Waals surface area contributed by atoms with Crippen molar-refractivity contribution >= 4 is 23.7 Å². The largest absolute Gasteiger partial charge is 0.472 e. The Kier molecular flexibility index (Phi) is 6.91. The summed E-state index contributed by atoms with van der Waals surface area (Å²) in [5.74, 6) is -2.46. The maximum atomic E-state index is 14.5. The van der Waals surface area contributed by atoms with E-state index in [9.17, 15) is 19.2 Å². The highest BCUT2D eigenvalue weighted by Gasteiger charge is 2.70. The standard InChI is InChI=1S/C32H40O8/c1-8-17(2)29(36)40-28-20-13-19-21(32(6,26(20)35)23(30(28,3)4)15-24(33)37-7)9-11-31(5)22(19)14-25(34)39-27(31)18-10-12-38-16-18/h8,10,12,14,16,19-21,23,27-28H,9,11,13,15H2,1-7H3/b17-8+/t19-,20-,21+,23+,27+,28-,31-,32-/m1/s1. The molecule has 2 heterocycles. The molecule has 0 amide bonds. The molecule has 0 spiro atoms. The van der Waals surface area contributed by atoms with Gasteiger partial charge >= 0.3 is 17.9 Å². The first-order valence-corrected chi connectivity index (χ1v) is 14.2. The summed E-state index contributed by atoms with van der Waals surface area (Å²) >= 11 is 0. The minimum atomic E-state index is -0.877. The third-order valence-corrected chi connectivity index (χ3v) is 10.9. The summed E-state index contributed by atoms with van der Waals surface area (Å²) in [7, 11) is 1.35. The van der Waals surface area contributed by atoms with E-state index < -0.39 is 58.2 Å². The molecule has 0 N–H and O–H groups in total. The number of hydrogen-bond acceptors (Lipinski definition) is 8. The molecule has 1 aliphatic heterocycles. The molecule has 216 valence electrons. The van der Waals surface area contributed by atoms with Crippen molar-refractivity contribution in [3.8, 4) is 0 Å². The monoisotopic (exact) mass is 552 g/mol. The Morgan fingerprint density at radius 3 is 2.50 bits per heavy atom. The number of carbonyl (C=O) groups is 4. The summed E-state index contributed by atoms with van der Waals surface area (Å²) in [6.07, 6.45) is 7.20. The Hall–Kier alpha value is -3.16. The molecule has 3 aliphatic carbocycles. The van der Waals surface area contributed by atoms with E-state index in [1.54, 1.807) is 38.5 Å². The molecule has 8 heteroatoms. The minimum absolute atomic E-state index is 0.0342. The van der Waals surface area contributed by atoms with Crippen molar-refractivity contribution in [1.82, 2.24) is 0 Å². The van der Waals surface area contributed by atoms with E-state index in [0.717, 1.165) is 17.6 Å². The summed E-state index contributed by atoms with van der Waals surface area (Å²) in [4.78, 5) is 53.3. The van der Waals surface area contributed by atoms with Crippen molar-refractivity contribution in [3.05, 3.63) is 47.5 Å². The molecule has 3 fully saturated rings. The van der Waals surface area contributed by atoms with Crippen LogP contribution in [0.15, 0.2) is 46.3 Å². The van der Waals surface area contributed by atoms with Crippen molar-refractivity contribution in [3.63, 3.8) is 0 Å². The van der Waals surface area contributed by atoms with E-state index in [-0.39, 0.29) is 24.0 Å². The molecule has 0 saturated heterocycles. The Morgan fingerprint density at radius 1 is 1.15 bits per heavy atom. The predicted molar refractivity (Wildman–Crippen MR) is 144 cm³/mol. The fourth-order valence-corrected chi connectivity index (χ4v) is 8.70. The van der Waals surface area contributed by atoms with Gasteiger partial charge in [-0.15, -0.1) is 0 Å². The zero-order valence-corrected chi connectivity index (χ0v) is 24.4. The molecule has 5 rings (SSSR count). The van der Waals surface area contributed by atoms with Crippen LogP contribution < -0.4 is 0 Å². The van der Waals surface area contributed by atoms with Crippen LogP contribution in [-0.2, 0) is 33.4 Å². The third-order valence-electron chi connectivity index (χ3n) is 10.9. The van der Waals surface area contributed by atoms with Gasteiger partial charge in [-0.25, -0.2) is 9.59 Å². The first-order valence-electron chi connectivity index (χ1n) is 14.2. The summed E-state index contributed by atoms with van der Waals surface area (Å²) in [5.41, 5.74) is 0.193. The van der Waals surface area contributed by atoms with Crippen molar-refractivity contribution in [1.29, 1.82) is 0 Å². The first kappa shape index (κ1) is 28.4. The Morgan fingerprint density at radius 2 is 1.88 bits per heavy atom. The van der Waals surface area contributed by atoms with Crippen LogP contribution in [0.2, 0.25) is 0 Å². The van der Waals surface area contributed by atoms with Gasteiger partial charge in [0.25, 0.3) is 0 Å². The number of ketones is 1. The van der Waals surface area contributed by atoms with Crippen molar-refractivity contribution in [2.75, 3.05) is 7.11 Å². The SMILES string of the molecule is C/C=C(\C)C(=O)O[C@@H]1[C@@H]2C[C@H]3C4=CC(=O)O[C@@H](c5ccoc5)[C@]4(C)CC[C@@H]3[C@@](C)(C2=O)[C@@H](CC(=O)OC)C1(C)C. The van der Waals surface area contributed by atoms with Crippen LogP contribution in [0.4, 0.5) is 0 Å². The molecule has 0 aromatic carbocycles. The first-order chi connectivity index (χ1) is 18.8. The number of hydrogen-bond donors (Lipinski definition) is 0. The summed E-state index contributed by atoms with van der Waals surface area (Å²) in [6.45, 7) is 11.6. The molecule has 8 atom stereocenters. The zero-order chi connectivity index (χ0) is 29.2. The van der Waals surface area contributed by atoms with Gasteiger partial charge in [0.05, 0.1) is 25.6 Å². The number of rotatable bonds is 5. The molecule has 4 aliphatic rings. The van der Waals surface area contributed by atoms with E-state index in [1.165, 1.54) is 7.11 Å². The van der Waals surface area contributed by atoms with Gasteiger partial charge < -0.3 is 18.6 Å². The Bertz CT molecular complexity index is 1290. The normalized spacial score (nSPS) is 38.4. The summed E-state index contributed by atoms with van der Waals surface area (Å²) < 4.78 is 22.5. The Balaban J connectivity index is 1.63. The average Bonchev–Trinajstić information content (AvgIpc) is 3.45. The van der Waals surface area contributed by atoms with E-state index in [4.69, 9.17) is 18.6 Å². The highest BCUT2D eigenvalue weighted by atomic mass is 16.6. The fraction of sp³-hybridized carbons (Fsp3) is 0.625. The van der Waals surface area contributed by atoms with Gasteiger partial charge in [-0.1, -0.05) is 33.8 Å². The molecular formula is C32H40O8. The van der Waals surface area contributed by atoms with E-state index in [0.29, 0.717) is 18.4 Å². The van der Waals surface area contributed by atoms with Crippen LogP contribution in [0, 0.1) is 39.9 Å². The number of carbonyl (C=O) groups excluding carboxylic acids is 4. The van der Waals surface area contributed by atoms with E-state index in [1.807, 2.05) is 26.8 Å². The smallest absolute Gasteiger partial charge is 0.333 e. The van der Waals surface area contributed by atoms with Gasteiger partial charge in [0.2, 0.25) is 0 Å². The van der Waals surface area contributed by atoms with Crippen molar-refractivity contribution < 1.29 is 37.8 Å². The third kappa shape index (κ3) is 4.00.